The first-order valence-corrected chi connectivity index (χ1v) is 8.46. The number of fused-ring (bicyclic) bond motifs is 1. The van der Waals surface area contributed by atoms with Crippen LogP contribution in [0.4, 0.5) is 5.13 Å². The van der Waals surface area contributed by atoms with Crippen molar-refractivity contribution in [2.75, 3.05) is 11.4 Å². The van der Waals surface area contributed by atoms with Crippen LogP contribution in [0.1, 0.15) is 47.9 Å². The molecule has 2 heterocycles. The number of aliphatic hydroxyl groups is 1. The summed E-state index contributed by atoms with van der Waals surface area (Å²) >= 11 is 1.65. The summed E-state index contributed by atoms with van der Waals surface area (Å²) in [5, 5.41) is 10.6. The van der Waals surface area contributed by atoms with Gasteiger partial charge in [-0.3, -0.25) is 0 Å². The third-order valence-electron chi connectivity index (χ3n) is 4.34. The monoisotopic (exact) mass is 302 g/mol. The molecule has 2 aromatic rings. The Bertz CT molecular complexity index is 623. The number of rotatable bonds is 4. The summed E-state index contributed by atoms with van der Waals surface area (Å²) in [6.07, 6.45) is 2.13. The molecule has 0 bridgehead atoms. The largest absolute Gasteiger partial charge is 0.391 e. The van der Waals surface area contributed by atoms with Gasteiger partial charge in [0, 0.05) is 13.1 Å². The van der Waals surface area contributed by atoms with E-state index in [0.717, 1.165) is 41.6 Å². The smallest absolute Gasteiger partial charge is 0.186 e. The summed E-state index contributed by atoms with van der Waals surface area (Å²) in [4.78, 5) is 8.20. The maximum atomic E-state index is 9.58. The van der Waals surface area contributed by atoms with Crippen LogP contribution in [-0.4, -0.2) is 16.6 Å². The highest BCUT2D eigenvalue weighted by Gasteiger charge is 2.22. The molecule has 3 nitrogen and oxygen atoms in total. The van der Waals surface area contributed by atoms with Gasteiger partial charge in [-0.2, -0.15) is 0 Å². The van der Waals surface area contributed by atoms with Crippen LogP contribution in [0.3, 0.4) is 0 Å². The van der Waals surface area contributed by atoms with Crippen molar-refractivity contribution in [2.45, 2.75) is 45.8 Å². The molecular formula is C17H22N2OS. The van der Waals surface area contributed by atoms with Crippen LogP contribution in [0, 0.1) is 0 Å². The summed E-state index contributed by atoms with van der Waals surface area (Å²) in [6.45, 7) is 6.39. The molecule has 0 aliphatic carbocycles. The highest BCUT2D eigenvalue weighted by molar-refractivity contribution is 7.15. The second-order valence-corrected chi connectivity index (χ2v) is 6.77. The lowest BCUT2D eigenvalue weighted by molar-refractivity contribution is 0.283. The van der Waals surface area contributed by atoms with Gasteiger partial charge in [0.25, 0.3) is 0 Å². The van der Waals surface area contributed by atoms with E-state index in [4.69, 9.17) is 4.98 Å². The minimum absolute atomic E-state index is 0.0990. The Hall–Kier alpha value is -1.39. The van der Waals surface area contributed by atoms with Gasteiger partial charge in [-0.25, -0.2) is 4.98 Å². The molecule has 1 atom stereocenters. The van der Waals surface area contributed by atoms with Crippen LogP contribution < -0.4 is 4.90 Å². The van der Waals surface area contributed by atoms with E-state index < -0.39 is 0 Å². The second kappa shape index (κ2) is 6.16. The van der Waals surface area contributed by atoms with E-state index in [1.807, 2.05) is 0 Å². The van der Waals surface area contributed by atoms with Crippen LogP contribution in [-0.2, 0) is 19.6 Å². The normalized spacial score (nSPS) is 15.9. The van der Waals surface area contributed by atoms with Crippen LogP contribution in [0.2, 0.25) is 0 Å². The van der Waals surface area contributed by atoms with Gasteiger partial charge in [0.2, 0.25) is 0 Å². The third kappa shape index (κ3) is 2.83. The maximum absolute atomic E-state index is 9.58. The molecule has 1 unspecified atom stereocenters. The first kappa shape index (κ1) is 14.5. The molecule has 0 saturated carbocycles. The molecule has 0 amide bonds. The summed E-state index contributed by atoms with van der Waals surface area (Å²) in [7, 11) is 0. The Morgan fingerprint density at radius 1 is 1.33 bits per heavy atom. The van der Waals surface area contributed by atoms with E-state index in [9.17, 15) is 5.11 Å². The lowest BCUT2D eigenvalue weighted by Gasteiger charge is -2.28. The van der Waals surface area contributed by atoms with E-state index in [0.29, 0.717) is 5.92 Å². The number of thiazole rings is 1. The molecule has 0 spiro atoms. The fourth-order valence-electron chi connectivity index (χ4n) is 2.84. The highest BCUT2D eigenvalue weighted by atomic mass is 32.1. The second-order valence-electron chi connectivity index (χ2n) is 5.71. The van der Waals surface area contributed by atoms with Gasteiger partial charge in [-0.15, -0.1) is 0 Å². The van der Waals surface area contributed by atoms with Crippen molar-refractivity contribution in [2.24, 2.45) is 0 Å². The van der Waals surface area contributed by atoms with Gasteiger partial charge in [0.1, 0.15) is 0 Å². The first-order valence-electron chi connectivity index (χ1n) is 7.65. The van der Waals surface area contributed by atoms with Crippen LogP contribution in [0.25, 0.3) is 0 Å². The predicted molar refractivity (Wildman–Crippen MR) is 87.9 cm³/mol. The molecule has 1 aliphatic heterocycles. The first-order chi connectivity index (χ1) is 10.2. The lowest BCUT2D eigenvalue weighted by Crippen LogP contribution is -2.30. The standard InChI is InChI=1S/C17H22N2OS/c1-3-12(2)16-15(11-20)21-17(18-16)19-9-8-13-6-4-5-7-14(13)10-19/h4-7,12,20H,3,8-11H2,1-2H3. The third-order valence-corrected chi connectivity index (χ3v) is 5.46. The van der Waals surface area contributed by atoms with Crippen molar-refractivity contribution in [3.8, 4) is 0 Å². The van der Waals surface area contributed by atoms with E-state index in [1.165, 1.54) is 11.1 Å². The fraction of sp³-hybridized carbons (Fsp3) is 0.471. The molecule has 1 N–H and O–H groups in total. The fourth-order valence-corrected chi connectivity index (χ4v) is 3.90. The average molecular weight is 302 g/mol. The summed E-state index contributed by atoms with van der Waals surface area (Å²) in [5.41, 5.74) is 3.93. The Labute approximate surface area is 130 Å². The van der Waals surface area contributed by atoms with Gasteiger partial charge in [0.15, 0.2) is 5.13 Å². The topological polar surface area (TPSA) is 36.4 Å². The number of nitrogens with zero attached hydrogens (tertiary/aromatic N) is 2. The zero-order chi connectivity index (χ0) is 14.8. The van der Waals surface area contributed by atoms with Crippen LogP contribution >= 0.6 is 11.3 Å². The van der Waals surface area contributed by atoms with Crippen LogP contribution in [0.15, 0.2) is 24.3 Å². The number of anilines is 1. The lowest BCUT2D eigenvalue weighted by atomic mass is 10.0. The van der Waals surface area contributed by atoms with E-state index in [1.54, 1.807) is 11.3 Å². The van der Waals surface area contributed by atoms with Crippen molar-refractivity contribution < 1.29 is 5.11 Å². The van der Waals surface area contributed by atoms with Crippen molar-refractivity contribution in [3.05, 3.63) is 46.0 Å². The predicted octanol–water partition coefficient (Wildman–Crippen LogP) is 3.71. The molecule has 0 radical (unpaired) electrons. The summed E-state index contributed by atoms with van der Waals surface area (Å²) in [6, 6.07) is 8.65. The molecule has 4 heteroatoms. The maximum Gasteiger partial charge on any atom is 0.186 e. The number of hydrogen-bond acceptors (Lipinski definition) is 4. The quantitative estimate of drug-likeness (QED) is 0.935. The van der Waals surface area contributed by atoms with Gasteiger partial charge < -0.3 is 10.0 Å². The van der Waals surface area contributed by atoms with Crippen molar-refractivity contribution in [1.82, 2.24) is 4.98 Å². The minimum Gasteiger partial charge on any atom is -0.391 e. The molecule has 0 fully saturated rings. The summed E-state index contributed by atoms with van der Waals surface area (Å²) in [5.74, 6) is 0.411. The van der Waals surface area contributed by atoms with Crippen LogP contribution in [0.5, 0.6) is 0 Å². The molecule has 112 valence electrons. The Kier molecular flexibility index (Phi) is 4.27. The SMILES string of the molecule is CCC(C)c1nc(N2CCc3ccccc3C2)sc1CO. The van der Waals surface area contributed by atoms with Gasteiger partial charge in [-0.05, 0) is 29.9 Å². The van der Waals surface area contributed by atoms with E-state index >= 15 is 0 Å². The molecule has 0 saturated heterocycles. The van der Waals surface area contributed by atoms with E-state index in [-0.39, 0.29) is 6.61 Å². The van der Waals surface area contributed by atoms with Gasteiger partial charge >= 0.3 is 0 Å². The van der Waals surface area contributed by atoms with Gasteiger partial charge in [0.05, 0.1) is 17.2 Å². The Morgan fingerprint density at radius 3 is 2.81 bits per heavy atom. The highest BCUT2D eigenvalue weighted by Crippen LogP contribution is 2.34. The molecule has 1 aromatic heterocycles. The molecule has 3 rings (SSSR count). The van der Waals surface area contributed by atoms with Crippen molar-refractivity contribution >= 4 is 16.5 Å². The summed E-state index contributed by atoms with van der Waals surface area (Å²) < 4.78 is 0. The van der Waals surface area contributed by atoms with Crippen molar-refractivity contribution in [3.63, 3.8) is 0 Å². The Balaban J connectivity index is 1.87. The zero-order valence-corrected chi connectivity index (χ0v) is 13.5. The molecule has 1 aromatic carbocycles. The number of benzene rings is 1. The Morgan fingerprint density at radius 2 is 2.10 bits per heavy atom. The zero-order valence-electron chi connectivity index (χ0n) is 12.7. The number of aliphatic hydroxyl groups excluding tert-OH is 1. The van der Waals surface area contributed by atoms with E-state index in [2.05, 4.69) is 43.0 Å². The number of aromatic nitrogens is 1. The minimum atomic E-state index is 0.0990. The molecular weight excluding hydrogens is 280 g/mol. The number of hydrogen-bond donors (Lipinski definition) is 1. The molecule has 1 aliphatic rings. The molecule has 21 heavy (non-hydrogen) atoms. The van der Waals surface area contributed by atoms with Crippen molar-refractivity contribution in [1.29, 1.82) is 0 Å². The average Bonchev–Trinajstić information content (AvgIpc) is 2.98. The van der Waals surface area contributed by atoms with Gasteiger partial charge in [-0.1, -0.05) is 49.4 Å².